The third-order valence-corrected chi connectivity index (χ3v) is 2.74. The zero-order valence-corrected chi connectivity index (χ0v) is 10.3. The van der Waals surface area contributed by atoms with E-state index in [0.29, 0.717) is 18.1 Å². The Kier molecular flexibility index (Phi) is 3.84. The third-order valence-electron chi connectivity index (χ3n) is 2.41. The molecule has 0 saturated heterocycles. The molecule has 0 aliphatic heterocycles. The van der Waals surface area contributed by atoms with Gasteiger partial charge >= 0.3 is 0 Å². The van der Waals surface area contributed by atoms with Crippen molar-refractivity contribution in [2.45, 2.75) is 6.54 Å². The number of hydrogen-bond acceptors (Lipinski definition) is 3. The van der Waals surface area contributed by atoms with Crippen molar-refractivity contribution in [1.82, 2.24) is 14.9 Å². The summed E-state index contributed by atoms with van der Waals surface area (Å²) in [7, 11) is 0. The maximum Gasteiger partial charge on any atom is 0.252 e. The van der Waals surface area contributed by atoms with E-state index >= 15 is 0 Å². The molecule has 1 amide bonds. The second kappa shape index (κ2) is 5.55. The smallest absolute Gasteiger partial charge is 0.252 e. The average molecular weight is 266 g/mol. The first kappa shape index (κ1) is 12.4. The van der Waals surface area contributed by atoms with Gasteiger partial charge in [0.05, 0.1) is 16.9 Å². The highest BCUT2D eigenvalue weighted by Gasteiger charge is 2.10. The van der Waals surface area contributed by atoms with Crippen LogP contribution in [-0.2, 0) is 6.54 Å². The lowest BCUT2D eigenvalue weighted by Gasteiger charge is -2.07. The van der Waals surface area contributed by atoms with Crippen LogP contribution in [0.5, 0.6) is 5.75 Å². The third kappa shape index (κ3) is 3.01. The quantitative estimate of drug-likeness (QED) is 0.884. The molecule has 5 nitrogen and oxygen atoms in total. The highest BCUT2D eigenvalue weighted by molar-refractivity contribution is 6.33. The van der Waals surface area contributed by atoms with Crippen LogP contribution in [0, 0.1) is 0 Å². The van der Waals surface area contributed by atoms with Crippen molar-refractivity contribution in [3.63, 3.8) is 0 Å². The summed E-state index contributed by atoms with van der Waals surface area (Å²) >= 11 is 5.88. The highest BCUT2D eigenvalue weighted by Crippen LogP contribution is 2.20. The van der Waals surface area contributed by atoms with Crippen LogP contribution in [0.3, 0.4) is 0 Å². The molecule has 0 atom stereocenters. The second-order valence-electron chi connectivity index (χ2n) is 3.72. The van der Waals surface area contributed by atoms with Gasteiger partial charge in [0.1, 0.15) is 5.75 Å². The molecule has 2 aromatic rings. The number of aromatic hydroxyl groups is 1. The van der Waals surface area contributed by atoms with E-state index in [1.807, 2.05) is 10.8 Å². The number of imidazole rings is 1. The molecule has 0 radical (unpaired) electrons. The van der Waals surface area contributed by atoms with Gasteiger partial charge in [0, 0.05) is 25.5 Å². The van der Waals surface area contributed by atoms with E-state index in [-0.39, 0.29) is 17.2 Å². The highest BCUT2D eigenvalue weighted by atomic mass is 35.5. The molecule has 18 heavy (non-hydrogen) atoms. The van der Waals surface area contributed by atoms with Gasteiger partial charge in [-0.2, -0.15) is 0 Å². The van der Waals surface area contributed by atoms with Crippen LogP contribution in [-0.4, -0.2) is 27.1 Å². The molecular weight excluding hydrogens is 254 g/mol. The average Bonchev–Trinajstić information content (AvgIpc) is 2.85. The van der Waals surface area contributed by atoms with E-state index in [9.17, 15) is 9.90 Å². The lowest BCUT2D eigenvalue weighted by atomic mass is 10.2. The summed E-state index contributed by atoms with van der Waals surface area (Å²) in [5, 5.41) is 12.3. The van der Waals surface area contributed by atoms with Crippen LogP contribution in [0.1, 0.15) is 10.4 Å². The van der Waals surface area contributed by atoms with Gasteiger partial charge in [-0.05, 0) is 18.2 Å². The van der Waals surface area contributed by atoms with E-state index in [1.54, 1.807) is 12.5 Å². The summed E-state index contributed by atoms with van der Waals surface area (Å²) in [6.07, 6.45) is 5.16. The first-order chi connectivity index (χ1) is 8.66. The minimum Gasteiger partial charge on any atom is -0.508 e. The molecule has 1 aromatic carbocycles. The Morgan fingerprint density at radius 3 is 3.06 bits per heavy atom. The summed E-state index contributed by atoms with van der Waals surface area (Å²) in [4.78, 5) is 15.7. The summed E-state index contributed by atoms with van der Waals surface area (Å²) in [5.41, 5.74) is 0.266. The predicted octanol–water partition coefficient (Wildman–Crippen LogP) is 1.67. The Labute approximate surface area is 109 Å². The number of carbonyl (C=O) groups excluding carboxylic acids is 1. The second-order valence-corrected chi connectivity index (χ2v) is 4.13. The number of amides is 1. The Morgan fingerprint density at radius 2 is 2.33 bits per heavy atom. The first-order valence-corrected chi connectivity index (χ1v) is 5.77. The molecule has 6 heteroatoms. The number of rotatable bonds is 4. The van der Waals surface area contributed by atoms with Crippen molar-refractivity contribution >= 4 is 17.5 Å². The number of aromatic nitrogens is 2. The van der Waals surface area contributed by atoms with Gasteiger partial charge in [-0.25, -0.2) is 4.98 Å². The first-order valence-electron chi connectivity index (χ1n) is 5.39. The molecule has 0 saturated carbocycles. The van der Waals surface area contributed by atoms with Gasteiger partial charge in [-0.1, -0.05) is 11.6 Å². The summed E-state index contributed by atoms with van der Waals surface area (Å²) in [5.74, 6) is -0.296. The van der Waals surface area contributed by atoms with Gasteiger partial charge in [0.15, 0.2) is 0 Å². The van der Waals surface area contributed by atoms with Crippen molar-refractivity contribution in [2.75, 3.05) is 6.54 Å². The molecule has 2 rings (SSSR count). The van der Waals surface area contributed by atoms with Crippen molar-refractivity contribution < 1.29 is 9.90 Å². The minimum atomic E-state index is -0.309. The molecule has 0 bridgehead atoms. The van der Waals surface area contributed by atoms with E-state index in [1.165, 1.54) is 18.2 Å². The van der Waals surface area contributed by atoms with Crippen molar-refractivity contribution in [2.24, 2.45) is 0 Å². The zero-order chi connectivity index (χ0) is 13.0. The van der Waals surface area contributed by atoms with Crippen molar-refractivity contribution in [3.8, 4) is 5.75 Å². The lowest BCUT2D eigenvalue weighted by molar-refractivity contribution is 0.0952. The molecule has 1 aromatic heterocycles. The fourth-order valence-electron chi connectivity index (χ4n) is 1.50. The van der Waals surface area contributed by atoms with Crippen LogP contribution >= 0.6 is 11.6 Å². The monoisotopic (exact) mass is 265 g/mol. The van der Waals surface area contributed by atoms with Gasteiger partial charge in [0.25, 0.3) is 5.91 Å². The Morgan fingerprint density at radius 1 is 1.50 bits per heavy atom. The SMILES string of the molecule is O=C(NCCn1ccnc1)c1cc(O)ccc1Cl. The number of hydrogen-bond donors (Lipinski definition) is 2. The Hall–Kier alpha value is -2.01. The van der Waals surface area contributed by atoms with E-state index in [2.05, 4.69) is 10.3 Å². The van der Waals surface area contributed by atoms with Gasteiger partial charge < -0.3 is 15.0 Å². The van der Waals surface area contributed by atoms with Gasteiger partial charge in [-0.3, -0.25) is 4.79 Å². The zero-order valence-electron chi connectivity index (χ0n) is 9.51. The van der Waals surface area contributed by atoms with Crippen LogP contribution in [0.15, 0.2) is 36.9 Å². The fourth-order valence-corrected chi connectivity index (χ4v) is 1.70. The Bertz CT molecular complexity index is 540. The van der Waals surface area contributed by atoms with E-state index in [4.69, 9.17) is 11.6 Å². The lowest BCUT2D eigenvalue weighted by Crippen LogP contribution is -2.27. The minimum absolute atomic E-state index is 0.0131. The summed E-state index contributed by atoms with van der Waals surface area (Å²) < 4.78 is 1.85. The molecule has 1 heterocycles. The number of carbonyl (C=O) groups is 1. The topological polar surface area (TPSA) is 67.2 Å². The molecule has 0 fully saturated rings. The number of nitrogens with one attached hydrogen (secondary N) is 1. The van der Waals surface area contributed by atoms with E-state index in [0.717, 1.165) is 0 Å². The van der Waals surface area contributed by atoms with Crippen LogP contribution in [0.2, 0.25) is 5.02 Å². The van der Waals surface area contributed by atoms with Gasteiger partial charge in [-0.15, -0.1) is 0 Å². The van der Waals surface area contributed by atoms with Crippen molar-refractivity contribution in [1.29, 1.82) is 0 Å². The van der Waals surface area contributed by atoms with Crippen LogP contribution < -0.4 is 5.32 Å². The number of phenolic OH excluding ortho intramolecular Hbond substituents is 1. The van der Waals surface area contributed by atoms with Crippen molar-refractivity contribution in [3.05, 3.63) is 47.5 Å². The molecule has 2 N–H and O–H groups in total. The predicted molar refractivity (Wildman–Crippen MR) is 67.7 cm³/mol. The standard InChI is InChI=1S/C12H12ClN3O2/c13-11-2-1-9(17)7-10(11)12(18)15-4-6-16-5-3-14-8-16/h1-3,5,7-8,17H,4,6H2,(H,15,18). The number of phenols is 1. The molecule has 94 valence electrons. The molecule has 0 spiro atoms. The molecule has 0 aliphatic carbocycles. The summed E-state index contributed by atoms with van der Waals surface area (Å²) in [6.45, 7) is 1.09. The van der Waals surface area contributed by atoms with Crippen LogP contribution in [0.4, 0.5) is 0 Å². The fraction of sp³-hybridized carbons (Fsp3) is 0.167. The molecule has 0 aliphatic rings. The normalized spacial score (nSPS) is 10.3. The van der Waals surface area contributed by atoms with Gasteiger partial charge in [0.2, 0.25) is 0 Å². The molecule has 0 unspecified atom stereocenters. The largest absolute Gasteiger partial charge is 0.508 e. The number of benzene rings is 1. The Balaban J connectivity index is 1.93. The molecular formula is C12H12ClN3O2. The summed E-state index contributed by atoms with van der Waals surface area (Å²) in [6, 6.07) is 4.27. The number of nitrogens with zero attached hydrogens (tertiary/aromatic N) is 2. The maximum absolute atomic E-state index is 11.8. The maximum atomic E-state index is 11.8. The number of halogens is 1. The van der Waals surface area contributed by atoms with E-state index < -0.39 is 0 Å². The van der Waals surface area contributed by atoms with Crippen LogP contribution in [0.25, 0.3) is 0 Å².